The minimum absolute atomic E-state index is 0.122. The fourth-order valence-corrected chi connectivity index (χ4v) is 3.24. The monoisotopic (exact) mass is 362 g/mol. The van der Waals surface area contributed by atoms with Crippen LogP contribution in [-0.4, -0.2) is 32.1 Å². The Labute approximate surface area is 150 Å². The van der Waals surface area contributed by atoms with Crippen molar-refractivity contribution in [2.75, 3.05) is 6.54 Å². The van der Waals surface area contributed by atoms with E-state index >= 15 is 0 Å². The predicted octanol–water partition coefficient (Wildman–Crippen LogP) is 3.40. The first-order valence-electron chi connectivity index (χ1n) is 7.98. The first-order valence-corrected chi connectivity index (χ1v) is 8.36. The number of amides is 1. The summed E-state index contributed by atoms with van der Waals surface area (Å²) in [6, 6.07) is 3.92. The fourth-order valence-electron chi connectivity index (χ4n) is 3.04. The lowest BCUT2D eigenvalue weighted by Crippen LogP contribution is -2.37. The largest absolute Gasteiger partial charge is 0.334 e. The first kappa shape index (κ1) is 17.4. The van der Waals surface area contributed by atoms with Gasteiger partial charge in [-0.1, -0.05) is 11.6 Å². The van der Waals surface area contributed by atoms with Crippen molar-refractivity contribution in [2.24, 2.45) is 0 Å². The molecule has 1 aromatic carbocycles. The third-order valence-corrected chi connectivity index (χ3v) is 4.58. The molecule has 8 heteroatoms. The summed E-state index contributed by atoms with van der Waals surface area (Å²) < 4.78 is 1.99. The van der Waals surface area contributed by atoms with Crippen LogP contribution in [0.5, 0.6) is 0 Å². The van der Waals surface area contributed by atoms with E-state index in [-0.39, 0.29) is 27.7 Å². The summed E-state index contributed by atoms with van der Waals surface area (Å²) >= 11 is 6.09. The van der Waals surface area contributed by atoms with Crippen LogP contribution in [0, 0.1) is 10.1 Å². The van der Waals surface area contributed by atoms with Crippen molar-refractivity contribution in [2.45, 2.75) is 39.3 Å². The molecule has 132 valence electrons. The van der Waals surface area contributed by atoms with E-state index in [1.165, 1.54) is 18.2 Å². The molecule has 0 radical (unpaired) electrons. The van der Waals surface area contributed by atoms with Gasteiger partial charge in [0, 0.05) is 42.9 Å². The Balaban J connectivity index is 1.88. The molecule has 1 aromatic heterocycles. The normalized spacial score (nSPS) is 14.3. The van der Waals surface area contributed by atoms with Crippen molar-refractivity contribution in [1.82, 2.24) is 14.7 Å². The van der Waals surface area contributed by atoms with Crippen molar-refractivity contribution < 1.29 is 9.72 Å². The van der Waals surface area contributed by atoms with Crippen molar-refractivity contribution >= 4 is 23.2 Å². The lowest BCUT2D eigenvalue weighted by atomic mass is 10.0. The summed E-state index contributed by atoms with van der Waals surface area (Å²) in [5.74, 6) is -0.303. The zero-order valence-corrected chi connectivity index (χ0v) is 15.1. The lowest BCUT2D eigenvalue weighted by molar-refractivity contribution is -0.384. The molecule has 0 fully saturated rings. The van der Waals surface area contributed by atoms with E-state index in [0.717, 1.165) is 11.3 Å². The topological polar surface area (TPSA) is 81.3 Å². The van der Waals surface area contributed by atoms with Crippen LogP contribution in [0.15, 0.2) is 24.4 Å². The van der Waals surface area contributed by atoms with E-state index in [1.807, 2.05) is 4.68 Å². The van der Waals surface area contributed by atoms with Gasteiger partial charge in [-0.2, -0.15) is 5.10 Å². The van der Waals surface area contributed by atoms with E-state index in [0.29, 0.717) is 19.5 Å². The number of nitrogens with zero attached hydrogens (tertiary/aromatic N) is 4. The molecule has 2 heterocycles. The van der Waals surface area contributed by atoms with Crippen LogP contribution in [0.3, 0.4) is 0 Å². The van der Waals surface area contributed by atoms with Crippen LogP contribution in [0.25, 0.3) is 0 Å². The number of rotatable bonds is 2. The quantitative estimate of drug-likeness (QED) is 0.605. The van der Waals surface area contributed by atoms with Gasteiger partial charge in [0.1, 0.15) is 0 Å². The lowest BCUT2D eigenvalue weighted by Gasteiger charge is -2.30. The Kier molecular flexibility index (Phi) is 4.28. The number of benzene rings is 1. The predicted molar refractivity (Wildman–Crippen MR) is 93.8 cm³/mol. The Hall–Kier alpha value is -2.41. The van der Waals surface area contributed by atoms with E-state index < -0.39 is 4.92 Å². The minimum Gasteiger partial charge on any atom is -0.334 e. The Morgan fingerprint density at radius 2 is 2.08 bits per heavy atom. The maximum Gasteiger partial charge on any atom is 0.270 e. The molecule has 0 bridgehead atoms. The van der Waals surface area contributed by atoms with E-state index in [4.69, 9.17) is 11.6 Å². The zero-order valence-electron chi connectivity index (χ0n) is 14.3. The Bertz CT molecular complexity index is 854. The number of halogens is 1. The molecular formula is C17H19ClN4O3. The molecule has 1 aliphatic rings. The average molecular weight is 363 g/mol. The molecule has 1 amide bonds. The second-order valence-electron chi connectivity index (χ2n) is 7.10. The van der Waals surface area contributed by atoms with Gasteiger partial charge in [0.05, 0.1) is 27.2 Å². The molecule has 0 saturated heterocycles. The number of nitro benzene ring substituents is 1. The molecular weight excluding hydrogens is 344 g/mol. The van der Waals surface area contributed by atoms with Gasteiger partial charge in [-0.15, -0.1) is 0 Å². The molecule has 1 aliphatic heterocycles. The third kappa shape index (κ3) is 3.24. The summed E-state index contributed by atoms with van der Waals surface area (Å²) in [6.45, 7) is 7.19. The van der Waals surface area contributed by atoms with Gasteiger partial charge >= 0.3 is 0 Å². The van der Waals surface area contributed by atoms with Gasteiger partial charge in [-0.3, -0.25) is 19.6 Å². The van der Waals surface area contributed by atoms with Crippen LogP contribution >= 0.6 is 11.6 Å². The number of aromatic nitrogens is 2. The highest BCUT2D eigenvalue weighted by Crippen LogP contribution is 2.28. The number of carbonyl (C=O) groups is 1. The molecule has 0 aliphatic carbocycles. The highest BCUT2D eigenvalue weighted by molar-refractivity contribution is 6.33. The van der Waals surface area contributed by atoms with Gasteiger partial charge < -0.3 is 4.90 Å². The SMILES string of the molecule is CC(C)(C)n1ncc2c1CCN(C(=O)c1cc([N+](=O)[O-])ccc1Cl)C2. The minimum atomic E-state index is -0.533. The second kappa shape index (κ2) is 6.15. The summed E-state index contributed by atoms with van der Waals surface area (Å²) in [6.07, 6.45) is 2.47. The summed E-state index contributed by atoms with van der Waals surface area (Å²) in [4.78, 5) is 24.9. The molecule has 25 heavy (non-hydrogen) atoms. The molecule has 0 saturated carbocycles. The molecule has 0 N–H and O–H groups in total. The van der Waals surface area contributed by atoms with Crippen molar-refractivity contribution in [3.63, 3.8) is 0 Å². The van der Waals surface area contributed by atoms with Crippen LogP contribution in [0.2, 0.25) is 5.02 Å². The van der Waals surface area contributed by atoms with Gasteiger partial charge in [-0.05, 0) is 26.8 Å². The van der Waals surface area contributed by atoms with Gasteiger partial charge in [0.2, 0.25) is 0 Å². The molecule has 0 spiro atoms. The number of hydrogen-bond acceptors (Lipinski definition) is 4. The van der Waals surface area contributed by atoms with Crippen molar-refractivity contribution in [1.29, 1.82) is 0 Å². The highest BCUT2D eigenvalue weighted by Gasteiger charge is 2.29. The van der Waals surface area contributed by atoms with Crippen molar-refractivity contribution in [3.8, 4) is 0 Å². The maximum absolute atomic E-state index is 12.8. The number of nitro groups is 1. The Morgan fingerprint density at radius 1 is 1.36 bits per heavy atom. The number of non-ortho nitro benzene ring substituents is 1. The summed E-state index contributed by atoms with van der Waals surface area (Å²) in [7, 11) is 0. The van der Waals surface area contributed by atoms with E-state index in [1.54, 1.807) is 11.1 Å². The standard InChI is InChI=1S/C17H19ClN4O3/c1-17(2,3)21-15-6-7-20(10-11(15)9-19-21)16(23)13-8-12(22(24)25)4-5-14(13)18/h4-5,8-9H,6-7,10H2,1-3H3. The smallest absolute Gasteiger partial charge is 0.270 e. The second-order valence-corrected chi connectivity index (χ2v) is 7.50. The van der Waals surface area contributed by atoms with E-state index in [2.05, 4.69) is 25.9 Å². The molecule has 3 rings (SSSR count). The number of fused-ring (bicyclic) bond motifs is 1. The maximum atomic E-state index is 12.8. The van der Waals surface area contributed by atoms with Gasteiger partial charge in [0.15, 0.2) is 0 Å². The summed E-state index contributed by atoms with van der Waals surface area (Å²) in [5.41, 5.74) is 2.01. The highest BCUT2D eigenvalue weighted by atomic mass is 35.5. The number of carbonyl (C=O) groups excluding carboxylic acids is 1. The average Bonchev–Trinajstić information content (AvgIpc) is 2.97. The van der Waals surface area contributed by atoms with Gasteiger partial charge in [0.25, 0.3) is 11.6 Å². The van der Waals surface area contributed by atoms with Crippen LogP contribution in [0.1, 0.15) is 42.4 Å². The molecule has 0 atom stereocenters. The van der Waals surface area contributed by atoms with Crippen LogP contribution in [0.4, 0.5) is 5.69 Å². The van der Waals surface area contributed by atoms with Crippen LogP contribution < -0.4 is 0 Å². The first-order chi connectivity index (χ1) is 11.7. The van der Waals surface area contributed by atoms with E-state index in [9.17, 15) is 14.9 Å². The molecule has 7 nitrogen and oxygen atoms in total. The van der Waals surface area contributed by atoms with Gasteiger partial charge in [-0.25, -0.2) is 0 Å². The molecule has 0 unspecified atom stereocenters. The Morgan fingerprint density at radius 3 is 2.72 bits per heavy atom. The number of hydrogen-bond donors (Lipinski definition) is 0. The van der Waals surface area contributed by atoms with Crippen molar-refractivity contribution in [3.05, 3.63) is 56.4 Å². The fraction of sp³-hybridized carbons (Fsp3) is 0.412. The zero-order chi connectivity index (χ0) is 18.4. The van der Waals surface area contributed by atoms with Crippen LogP contribution in [-0.2, 0) is 18.5 Å². The molecule has 2 aromatic rings. The summed E-state index contributed by atoms with van der Waals surface area (Å²) in [5, 5.41) is 15.6. The third-order valence-electron chi connectivity index (χ3n) is 4.25.